The fourth-order valence-corrected chi connectivity index (χ4v) is 2.26. The number of ether oxygens (including phenoxy) is 1. The lowest BCUT2D eigenvalue weighted by Crippen LogP contribution is -2.45. The monoisotopic (exact) mass is 385 g/mol. The number of hydrogen-bond donors (Lipinski definition) is 2. The third kappa shape index (κ3) is 6.35. The van der Waals surface area contributed by atoms with Gasteiger partial charge in [-0.1, -0.05) is 30.3 Å². The summed E-state index contributed by atoms with van der Waals surface area (Å²) in [6, 6.07) is 9.59. The first-order valence-corrected chi connectivity index (χ1v) is 8.72. The van der Waals surface area contributed by atoms with Crippen molar-refractivity contribution in [2.45, 2.75) is 6.42 Å². The van der Waals surface area contributed by atoms with Crippen molar-refractivity contribution in [2.24, 2.45) is 0 Å². The Morgan fingerprint density at radius 1 is 0.964 bits per heavy atom. The number of amides is 3. The van der Waals surface area contributed by atoms with Gasteiger partial charge < -0.3 is 15.4 Å². The molecule has 9 heteroatoms. The number of nitrogens with zero attached hydrogens (tertiary/aromatic N) is 3. The molecule has 0 saturated heterocycles. The second-order valence-electron chi connectivity index (χ2n) is 5.85. The predicted molar refractivity (Wildman–Crippen MR) is 102 cm³/mol. The van der Waals surface area contributed by atoms with Crippen molar-refractivity contribution in [3.05, 3.63) is 48.3 Å². The number of aromatic nitrogens is 2. The van der Waals surface area contributed by atoms with E-state index in [0.717, 1.165) is 16.0 Å². The van der Waals surface area contributed by atoms with Gasteiger partial charge in [-0.05, 0) is 5.56 Å². The molecule has 0 aliphatic rings. The zero-order chi connectivity index (χ0) is 20.4. The summed E-state index contributed by atoms with van der Waals surface area (Å²) >= 11 is 0. The highest BCUT2D eigenvalue weighted by molar-refractivity contribution is 5.86. The summed E-state index contributed by atoms with van der Waals surface area (Å²) in [4.78, 5) is 44.9. The molecule has 2 aromatic rings. The van der Waals surface area contributed by atoms with Crippen LogP contribution in [0.5, 0.6) is 0 Å². The van der Waals surface area contributed by atoms with Gasteiger partial charge >= 0.3 is 6.09 Å². The van der Waals surface area contributed by atoms with Gasteiger partial charge in [-0.15, -0.1) is 0 Å². The van der Waals surface area contributed by atoms with Gasteiger partial charge in [0.25, 0.3) is 0 Å². The number of benzene rings is 1. The van der Waals surface area contributed by atoms with Crippen LogP contribution in [-0.2, 0) is 20.7 Å². The van der Waals surface area contributed by atoms with E-state index in [4.69, 9.17) is 4.74 Å². The second kappa shape index (κ2) is 10.6. The molecule has 0 radical (unpaired) electrons. The number of likely N-dealkylation sites (N-methyl/N-ethyl adjacent to an activating group) is 2. The first kappa shape index (κ1) is 20.8. The first-order valence-electron chi connectivity index (χ1n) is 8.72. The minimum Gasteiger partial charge on any atom is -0.449 e. The molecule has 1 heterocycles. The fraction of sp³-hybridized carbons (Fsp3) is 0.316. The first-order chi connectivity index (χ1) is 13.5. The molecule has 0 unspecified atom stereocenters. The SMILES string of the molecule is CNC(=O)CN(CC(=O)NC)C(=O)OCCc1cnc(-c2ccccc2)nc1. The van der Waals surface area contributed by atoms with Gasteiger partial charge in [0, 0.05) is 38.5 Å². The van der Waals surface area contributed by atoms with Crippen molar-refractivity contribution < 1.29 is 19.1 Å². The Morgan fingerprint density at radius 2 is 1.54 bits per heavy atom. The number of hydrogen-bond acceptors (Lipinski definition) is 6. The Balaban J connectivity index is 1.88. The molecule has 2 N–H and O–H groups in total. The summed E-state index contributed by atoms with van der Waals surface area (Å²) in [6.07, 6.45) is 3.02. The van der Waals surface area contributed by atoms with Crippen molar-refractivity contribution in [3.63, 3.8) is 0 Å². The minimum atomic E-state index is -0.742. The Hall–Kier alpha value is -3.49. The van der Waals surface area contributed by atoms with Gasteiger partial charge in [0.05, 0.1) is 6.61 Å². The quantitative estimate of drug-likeness (QED) is 0.689. The zero-order valence-corrected chi connectivity index (χ0v) is 15.8. The normalized spacial score (nSPS) is 10.1. The van der Waals surface area contributed by atoms with E-state index >= 15 is 0 Å². The van der Waals surface area contributed by atoms with Crippen molar-refractivity contribution in [1.29, 1.82) is 0 Å². The predicted octanol–water partition coefficient (Wildman–Crippen LogP) is 0.617. The molecular formula is C19H23N5O4. The van der Waals surface area contributed by atoms with Crippen LogP contribution in [0.4, 0.5) is 4.79 Å². The highest BCUT2D eigenvalue weighted by Crippen LogP contribution is 2.13. The second-order valence-corrected chi connectivity index (χ2v) is 5.85. The van der Waals surface area contributed by atoms with Crippen molar-refractivity contribution in [3.8, 4) is 11.4 Å². The van der Waals surface area contributed by atoms with Gasteiger partial charge in [0.15, 0.2) is 5.82 Å². The van der Waals surface area contributed by atoms with Crippen LogP contribution in [0.25, 0.3) is 11.4 Å². The highest BCUT2D eigenvalue weighted by atomic mass is 16.6. The molecule has 0 fully saturated rings. The molecule has 0 saturated carbocycles. The summed E-state index contributed by atoms with van der Waals surface area (Å²) in [5.74, 6) is -0.180. The van der Waals surface area contributed by atoms with Gasteiger partial charge in [-0.25, -0.2) is 14.8 Å². The van der Waals surface area contributed by atoms with Crippen LogP contribution in [0.1, 0.15) is 5.56 Å². The maximum atomic E-state index is 12.2. The van der Waals surface area contributed by atoms with E-state index in [1.165, 1.54) is 14.1 Å². The number of carbonyl (C=O) groups excluding carboxylic acids is 3. The molecule has 0 spiro atoms. The van der Waals surface area contributed by atoms with Crippen LogP contribution in [-0.4, -0.2) is 66.6 Å². The average molecular weight is 385 g/mol. The van der Waals surface area contributed by atoms with Crippen LogP contribution in [0.2, 0.25) is 0 Å². The molecule has 1 aromatic heterocycles. The summed E-state index contributed by atoms with van der Waals surface area (Å²) in [7, 11) is 2.90. The lowest BCUT2D eigenvalue weighted by Gasteiger charge is -2.20. The number of nitrogens with one attached hydrogen (secondary N) is 2. The van der Waals surface area contributed by atoms with E-state index in [-0.39, 0.29) is 19.7 Å². The van der Waals surface area contributed by atoms with E-state index in [1.807, 2.05) is 30.3 Å². The van der Waals surface area contributed by atoms with Gasteiger partial charge in [-0.3, -0.25) is 14.5 Å². The standard InChI is InChI=1S/C19H23N5O4/c1-20-16(25)12-24(13-17(26)21-2)19(27)28-9-8-14-10-22-18(23-11-14)15-6-4-3-5-7-15/h3-7,10-11H,8-9,12-13H2,1-2H3,(H,20,25)(H,21,26). The number of rotatable bonds is 8. The zero-order valence-electron chi connectivity index (χ0n) is 15.8. The Kier molecular flexibility index (Phi) is 7.89. The van der Waals surface area contributed by atoms with E-state index in [9.17, 15) is 14.4 Å². The lowest BCUT2D eigenvalue weighted by atomic mass is 10.2. The van der Waals surface area contributed by atoms with Crippen molar-refractivity contribution in [2.75, 3.05) is 33.8 Å². The molecule has 9 nitrogen and oxygen atoms in total. The van der Waals surface area contributed by atoms with Crippen molar-refractivity contribution >= 4 is 17.9 Å². The Labute approximate surface area is 163 Å². The smallest absolute Gasteiger partial charge is 0.410 e. The lowest BCUT2D eigenvalue weighted by molar-refractivity contribution is -0.124. The molecular weight excluding hydrogens is 362 g/mol. The maximum Gasteiger partial charge on any atom is 0.410 e. The van der Waals surface area contributed by atoms with Crippen LogP contribution in [0.3, 0.4) is 0 Å². The molecule has 0 aliphatic heterocycles. The number of carbonyl (C=O) groups is 3. The summed E-state index contributed by atoms with van der Waals surface area (Å²) in [5.41, 5.74) is 1.72. The molecule has 3 amide bonds. The highest BCUT2D eigenvalue weighted by Gasteiger charge is 2.20. The third-order valence-corrected chi connectivity index (χ3v) is 3.84. The maximum absolute atomic E-state index is 12.2. The molecule has 1 aromatic carbocycles. The molecule has 28 heavy (non-hydrogen) atoms. The summed E-state index contributed by atoms with van der Waals surface area (Å²) < 4.78 is 5.19. The molecule has 0 aliphatic carbocycles. The molecule has 2 rings (SSSR count). The topological polar surface area (TPSA) is 114 Å². The van der Waals surface area contributed by atoms with E-state index < -0.39 is 17.9 Å². The Bertz CT molecular complexity index is 778. The summed E-state index contributed by atoms with van der Waals surface area (Å²) in [6.45, 7) is -0.458. The Morgan fingerprint density at radius 3 is 2.07 bits per heavy atom. The molecule has 0 atom stereocenters. The molecule has 148 valence electrons. The van der Waals surface area contributed by atoms with Gasteiger partial charge in [0.2, 0.25) is 11.8 Å². The van der Waals surface area contributed by atoms with Crippen LogP contribution in [0, 0.1) is 0 Å². The molecule has 0 bridgehead atoms. The third-order valence-electron chi connectivity index (χ3n) is 3.84. The fourth-order valence-electron chi connectivity index (χ4n) is 2.26. The van der Waals surface area contributed by atoms with Crippen molar-refractivity contribution in [1.82, 2.24) is 25.5 Å². The van der Waals surface area contributed by atoms with Gasteiger partial charge in [0.1, 0.15) is 13.1 Å². The van der Waals surface area contributed by atoms with E-state index in [1.54, 1.807) is 12.4 Å². The van der Waals surface area contributed by atoms with Crippen LogP contribution >= 0.6 is 0 Å². The largest absolute Gasteiger partial charge is 0.449 e. The average Bonchev–Trinajstić information content (AvgIpc) is 2.74. The van der Waals surface area contributed by atoms with E-state index in [2.05, 4.69) is 20.6 Å². The van der Waals surface area contributed by atoms with Gasteiger partial charge in [-0.2, -0.15) is 0 Å². The van der Waals surface area contributed by atoms with E-state index in [0.29, 0.717) is 12.2 Å². The van der Waals surface area contributed by atoms with Crippen LogP contribution < -0.4 is 10.6 Å². The summed E-state index contributed by atoms with van der Waals surface area (Å²) in [5, 5.41) is 4.81. The minimum absolute atomic E-state index is 0.0743. The van der Waals surface area contributed by atoms with Crippen LogP contribution in [0.15, 0.2) is 42.7 Å².